The van der Waals surface area contributed by atoms with Gasteiger partial charge in [-0.15, -0.1) is 0 Å². The molecule has 5 rings (SSSR count). The fourth-order valence-corrected chi connectivity index (χ4v) is 3.52. The van der Waals surface area contributed by atoms with E-state index >= 15 is 0 Å². The van der Waals surface area contributed by atoms with Crippen LogP contribution >= 0.6 is 0 Å². The van der Waals surface area contributed by atoms with Crippen molar-refractivity contribution in [2.45, 2.75) is 11.8 Å². The van der Waals surface area contributed by atoms with Crippen LogP contribution in [0.4, 0.5) is 10.1 Å². The van der Waals surface area contributed by atoms with E-state index in [9.17, 15) is 4.39 Å². The first kappa shape index (κ1) is 11.3. The molecule has 0 N–H and O–H groups in total. The molecule has 2 aromatic carbocycles. The Balaban J connectivity index is 1.77. The average Bonchev–Trinajstić information content (AvgIpc) is 3.18. The van der Waals surface area contributed by atoms with Gasteiger partial charge in [0.1, 0.15) is 29.6 Å². The molecule has 0 saturated carbocycles. The minimum Gasteiger partial charge on any atom is -0.493 e. The highest BCUT2D eigenvalue weighted by Crippen LogP contribution is 2.51. The number of rotatable bonds is 0. The van der Waals surface area contributed by atoms with Gasteiger partial charge in [-0.3, -0.25) is 4.99 Å². The van der Waals surface area contributed by atoms with Crippen LogP contribution in [0.3, 0.4) is 0 Å². The maximum atomic E-state index is 13.9. The molecule has 0 aromatic heterocycles. The lowest BCUT2D eigenvalue weighted by Crippen LogP contribution is -2.29. The summed E-state index contributed by atoms with van der Waals surface area (Å²) in [7, 11) is 0. The Morgan fingerprint density at radius 1 is 1.10 bits per heavy atom. The van der Waals surface area contributed by atoms with Gasteiger partial charge in [0.25, 0.3) is 0 Å². The summed E-state index contributed by atoms with van der Waals surface area (Å²) < 4.78 is 25.4. The molecule has 2 aromatic rings. The lowest BCUT2D eigenvalue weighted by molar-refractivity contribution is 0.323. The number of halogens is 1. The first-order valence-electron chi connectivity index (χ1n) is 7.05. The summed E-state index contributed by atoms with van der Waals surface area (Å²) in [6.45, 7) is 1.18. The average molecular weight is 281 g/mol. The van der Waals surface area contributed by atoms with Gasteiger partial charge in [-0.25, -0.2) is 4.39 Å². The molecule has 3 aliphatic rings. The third-order valence-corrected chi connectivity index (χ3v) is 4.61. The second kappa shape index (κ2) is 3.64. The van der Waals surface area contributed by atoms with E-state index in [0.29, 0.717) is 18.9 Å². The van der Waals surface area contributed by atoms with Crippen LogP contribution in [0.2, 0.25) is 0 Å². The van der Waals surface area contributed by atoms with Gasteiger partial charge in [0.05, 0.1) is 12.0 Å². The predicted molar refractivity (Wildman–Crippen MR) is 76.5 cm³/mol. The van der Waals surface area contributed by atoms with Crippen LogP contribution in [-0.4, -0.2) is 19.4 Å². The number of para-hydroxylation sites is 1. The topological polar surface area (TPSA) is 30.8 Å². The van der Waals surface area contributed by atoms with E-state index in [1.54, 1.807) is 6.07 Å². The van der Waals surface area contributed by atoms with Gasteiger partial charge in [-0.05, 0) is 17.7 Å². The Bertz CT molecular complexity index is 815. The molecule has 3 nitrogen and oxygen atoms in total. The number of fused-ring (bicyclic) bond motifs is 5. The van der Waals surface area contributed by atoms with Crippen LogP contribution in [-0.2, 0) is 11.8 Å². The third-order valence-electron chi connectivity index (χ3n) is 4.61. The van der Waals surface area contributed by atoms with Crippen molar-refractivity contribution in [3.05, 3.63) is 52.8 Å². The van der Waals surface area contributed by atoms with Crippen LogP contribution in [0.5, 0.6) is 11.5 Å². The Morgan fingerprint density at radius 3 is 3.00 bits per heavy atom. The van der Waals surface area contributed by atoms with Crippen molar-refractivity contribution in [1.82, 2.24) is 0 Å². The minimum absolute atomic E-state index is 0.279. The standard InChI is InChI=1S/C17H12FNO2/c18-13-3-1-2-11-16(13)19-8-17(11)9-21-15-7-14-10(4-5-20-14)6-12(15)17/h1-3,6-8H,4-5,9H2. The van der Waals surface area contributed by atoms with Gasteiger partial charge >= 0.3 is 0 Å². The van der Waals surface area contributed by atoms with Crippen molar-refractivity contribution in [2.75, 3.05) is 13.2 Å². The van der Waals surface area contributed by atoms with E-state index in [1.807, 2.05) is 18.3 Å². The Kier molecular flexibility index (Phi) is 1.96. The molecule has 0 fully saturated rings. The molecule has 0 bridgehead atoms. The van der Waals surface area contributed by atoms with E-state index in [0.717, 1.165) is 29.0 Å². The van der Waals surface area contributed by atoms with Crippen molar-refractivity contribution in [3.8, 4) is 11.5 Å². The van der Waals surface area contributed by atoms with Gasteiger partial charge in [-0.2, -0.15) is 0 Å². The minimum atomic E-state index is -0.454. The largest absolute Gasteiger partial charge is 0.493 e. The molecular formula is C17H12FNO2. The van der Waals surface area contributed by atoms with E-state index in [-0.39, 0.29) is 5.82 Å². The lowest BCUT2D eigenvalue weighted by atomic mass is 9.77. The second-order valence-electron chi connectivity index (χ2n) is 5.71. The number of ether oxygens (including phenoxy) is 2. The van der Waals surface area contributed by atoms with E-state index in [1.165, 1.54) is 11.6 Å². The fourth-order valence-electron chi connectivity index (χ4n) is 3.52. The molecule has 1 unspecified atom stereocenters. The van der Waals surface area contributed by atoms with Crippen molar-refractivity contribution in [3.63, 3.8) is 0 Å². The van der Waals surface area contributed by atoms with Crippen molar-refractivity contribution in [1.29, 1.82) is 0 Å². The van der Waals surface area contributed by atoms with Gasteiger partial charge < -0.3 is 9.47 Å². The summed E-state index contributed by atoms with van der Waals surface area (Å²) in [5.41, 5.74) is 3.13. The van der Waals surface area contributed by atoms with Gasteiger partial charge in [0.2, 0.25) is 0 Å². The van der Waals surface area contributed by atoms with Crippen LogP contribution in [0.25, 0.3) is 0 Å². The zero-order chi connectivity index (χ0) is 14.0. The zero-order valence-corrected chi connectivity index (χ0v) is 11.2. The molecule has 21 heavy (non-hydrogen) atoms. The molecule has 0 amide bonds. The highest BCUT2D eigenvalue weighted by Gasteiger charge is 2.46. The Hall–Kier alpha value is -2.36. The van der Waals surface area contributed by atoms with Crippen LogP contribution < -0.4 is 9.47 Å². The highest BCUT2D eigenvalue weighted by molar-refractivity contribution is 5.91. The summed E-state index contributed by atoms with van der Waals surface area (Å²) in [4.78, 5) is 4.32. The van der Waals surface area contributed by atoms with Crippen molar-refractivity contribution >= 4 is 11.9 Å². The van der Waals surface area contributed by atoms with Gasteiger partial charge in [0, 0.05) is 29.8 Å². The van der Waals surface area contributed by atoms with E-state index in [4.69, 9.17) is 9.47 Å². The Labute approximate surface area is 121 Å². The predicted octanol–water partition coefficient (Wildman–Crippen LogP) is 3.16. The third kappa shape index (κ3) is 1.30. The maximum Gasteiger partial charge on any atom is 0.149 e. The zero-order valence-electron chi connectivity index (χ0n) is 11.2. The fraction of sp³-hybridized carbons (Fsp3) is 0.235. The molecule has 0 radical (unpaired) electrons. The number of benzene rings is 2. The molecule has 3 aliphatic heterocycles. The molecule has 3 heterocycles. The highest BCUT2D eigenvalue weighted by atomic mass is 19.1. The molecular weight excluding hydrogens is 269 g/mol. The SMILES string of the molecule is Fc1cccc2c1N=CC21COc2cc3c(cc21)CCO3. The summed E-state index contributed by atoms with van der Waals surface area (Å²) in [6, 6.07) is 9.21. The normalized spacial score (nSPS) is 23.7. The summed E-state index contributed by atoms with van der Waals surface area (Å²) in [5, 5.41) is 0. The second-order valence-corrected chi connectivity index (χ2v) is 5.71. The number of hydrogen-bond donors (Lipinski definition) is 0. The van der Waals surface area contributed by atoms with Crippen LogP contribution in [0.1, 0.15) is 16.7 Å². The number of hydrogen-bond acceptors (Lipinski definition) is 3. The smallest absolute Gasteiger partial charge is 0.149 e. The van der Waals surface area contributed by atoms with Crippen LogP contribution in [0.15, 0.2) is 35.3 Å². The first-order chi connectivity index (χ1) is 10.3. The molecule has 0 aliphatic carbocycles. The van der Waals surface area contributed by atoms with E-state index < -0.39 is 5.41 Å². The number of nitrogens with zero attached hydrogens (tertiary/aromatic N) is 1. The van der Waals surface area contributed by atoms with Crippen molar-refractivity contribution in [2.24, 2.45) is 4.99 Å². The number of aliphatic imine (C=N–C) groups is 1. The van der Waals surface area contributed by atoms with Crippen molar-refractivity contribution < 1.29 is 13.9 Å². The molecule has 1 atom stereocenters. The van der Waals surface area contributed by atoms with Crippen LogP contribution in [0, 0.1) is 5.82 Å². The lowest BCUT2D eigenvalue weighted by Gasteiger charge is -2.20. The van der Waals surface area contributed by atoms with Gasteiger partial charge in [0.15, 0.2) is 0 Å². The monoisotopic (exact) mass is 281 g/mol. The summed E-state index contributed by atoms with van der Waals surface area (Å²) in [5.74, 6) is 1.44. The quantitative estimate of drug-likeness (QED) is 0.742. The van der Waals surface area contributed by atoms with E-state index in [2.05, 4.69) is 11.1 Å². The maximum absolute atomic E-state index is 13.9. The molecule has 104 valence electrons. The summed E-state index contributed by atoms with van der Waals surface area (Å²) in [6.07, 6.45) is 2.74. The van der Waals surface area contributed by atoms with Gasteiger partial charge in [-0.1, -0.05) is 12.1 Å². The summed E-state index contributed by atoms with van der Waals surface area (Å²) >= 11 is 0. The molecule has 0 saturated heterocycles. The molecule has 1 spiro atoms. The first-order valence-corrected chi connectivity index (χ1v) is 7.05. The Morgan fingerprint density at radius 2 is 2.05 bits per heavy atom. The molecule has 4 heteroatoms.